The van der Waals surface area contributed by atoms with Crippen molar-refractivity contribution in [3.63, 3.8) is 0 Å². The maximum atomic E-state index is 13.7. The number of carbonyl (C=O) groups is 1. The molecular weight excluding hydrogens is 379 g/mol. The molecule has 3 aromatic rings. The number of halogens is 2. The molecule has 0 aliphatic carbocycles. The third-order valence-corrected chi connectivity index (χ3v) is 3.90. The van der Waals surface area contributed by atoms with E-state index in [2.05, 4.69) is 15.5 Å². The van der Waals surface area contributed by atoms with Gasteiger partial charge in [0.15, 0.2) is 12.4 Å². The highest BCUT2D eigenvalue weighted by Gasteiger charge is 2.21. The van der Waals surface area contributed by atoms with Gasteiger partial charge in [-0.2, -0.15) is 5.10 Å². The van der Waals surface area contributed by atoms with Gasteiger partial charge in [0.25, 0.3) is 5.91 Å². The zero-order valence-electron chi connectivity index (χ0n) is 14.1. The van der Waals surface area contributed by atoms with E-state index in [9.17, 15) is 19.3 Å². The van der Waals surface area contributed by atoms with Crippen molar-refractivity contribution in [2.45, 2.75) is 20.0 Å². The van der Waals surface area contributed by atoms with E-state index in [0.717, 1.165) is 4.68 Å². The Morgan fingerprint density at radius 1 is 1.37 bits per heavy atom. The maximum Gasteiger partial charge on any atom is 0.345 e. The van der Waals surface area contributed by atoms with E-state index in [1.54, 1.807) is 25.1 Å². The number of nitro groups is 1. The Kier molecular flexibility index (Phi) is 5.17. The van der Waals surface area contributed by atoms with Crippen LogP contribution in [0.4, 0.5) is 16.0 Å². The van der Waals surface area contributed by atoms with E-state index in [1.807, 2.05) is 0 Å². The number of aromatic nitrogens is 4. The second-order valence-electron chi connectivity index (χ2n) is 5.72. The second kappa shape index (κ2) is 7.54. The molecule has 3 rings (SSSR count). The zero-order chi connectivity index (χ0) is 19.6. The summed E-state index contributed by atoms with van der Waals surface area (Å²) in [6.07, 6.45) is 1.45. The Morgan fingerprint density at radius 3 is 2.81 bits per heavy atom. The van der Waals surface area contributed by atoms with Crippen LogP contribution in [0.25, 0.3) is 0 Å². The highest BCUT2D eigenvalue weighted by atomic mass is 35.5. The van der Waals surface area contributed by atoms with E-state index in [1.165, 1.54) is 23.0 Å². The normalized spacial score (nSPS) is 10.8. The number of hydrogen-bond acceptors (Lipinski definition) is 5. The fraction of sp³-hybridized carbons (Fsp3) is 0.188. The van der Waals surface area contributed by atoms with Gasteiger partial charge in [-0.05, 0) is 17.9 Å². The molecule has 1 N–H and O–H groups in total. The number of carbonyl (C=O) groups excluding carboxylic acids is 1. The third-order valence-electron chi connectivity index (χ3n) is 3.63. The molecule has 0 saturated heterocycles. The van der Waals surface area contributed by atoms with Gasteiger partial charge in [-0.15, -0.1) is 4.68 Å². The Hall–Kier alpha value is -3.27. The molecule has 0 radical (unpaired) electrons. The van der Waals surface area contributed by atoms with Crippen LogP contribution in [0.1, 0.15) is 11.3 Å². The van der Waals surface area contributed by atoms with E-state index in [4.69, 9.17) is 11.6 Å². The van der Waals surface area contributed by atoms with Gasteiger partial charge in [-0.1, -0.05) is 34.9 Å². The fourth-order valence-electron chi connectivity index (χ4n) is 2.47. The van der Waals surface area contributed by atoms with Crippen LogP contribution >= 0.6 is 11.6 Å². The molecule has 0 unspecified atom stereocenters. The molecule has 0 saturated carbocycles. The number of benzene rings is 1. The molecular formula is C16H14ClFN6O3. The van der Waals surface area contributed by atoms with Crippen molar-refractivity contribution >= 4 is 29.1 Å². The Labute approximate surface area is 157 Å². The molecule has 0 atom stereocenters. The summed E-state index contributed by atoms with van der Waals surface area (Å²) in [5.41, 5.74) is 0.832. The number of amides is 1. The lowest BCUT2D eigenvalue weighted by molar-refractivity contribution is -0.392. The summed E-state index contributed by atoms with van der Waals surface area (Å²) in [6, 6.07) is 7.50. The second-order valence-corrected chi connectivity index (χ2v) is 6.13. The first-order valence-corrected chi connectivity index (χ1v) is 8.16. The molecule has 0 fully saturated rings. The summed E-state index contributed by atoms with van der Waals surface area (Å²) in [7, 11) is 0. The molecule has 27 heavy (non-hydrogen) atoms. The molecule has 0 spiro atoms. The van der Waals surface area contributed by atoms with Gasteiger partial charge in [0, 0.05) is 11.8 Å². The molecule has 9 nitrogen and oxygen atoms in total. The number of nitrogens with zero attached hydrogens (tertiary/aromatic N) is 5. The van der Waals surface area contributed by atoms with Crippen LogP contribution in [0.15, 0.2) is 36.5 Å². The predicted octanol–water partition coefficient (Wildman–Crippen LogP) is 2.78. The molecule has 11 heteroatoms. The maximum absolute atomic E-state index is 13.7. The predicted molar refractivity (Wildman–Crippen MR) is 95.0 cm³/mol. The Bertz CT molecular complexity index is 1020. The van der Waals surface area contributed by atoms with Crippen molar-refractivity contribution in [1.29, 1.82) is 0 Å². The number of hydrogen-bond donors (Lipinski definition) is 1. The topological polar surface area (TPSA) is 108 Å². The third kappa shape index (κ3) is 4.29. The van der Waals surface area contributed by atoms with Gasteiger partial charge in [0.1, 0.15) is 10.8 Å². The quantitative estimate of drug-likeness (QED) is 0.512. The van der Waals surface area contributed by atoms with Crippen molar-refractivity contribution < 1.29 is 14.1 Å². The van der Waals surface area contributed by atoms with Gasteiger partial charge in [-0.25, -0.2) is 4.39 Å². The van der Waals surface area contributed by atoms with Gasteiger partial charge in [-0.3, -0.25) is 9.48 Å². The Morgan fingerprint density at radius 2 is 2.11 bits per heavy atom. The number of anilines is 1. The summed E-state index contributed by atoms with van der Waals surface area (Å²) in [5, 5.41) is 21.6. The molecule has 0 bridgehead atoms. The summed E-state index contributed by atoms with van der Waals surface area (Å²) in [5.74, 6) is -1.18. The van der Waals surface area contributed by atoms with Gasteiger partial charge < -0.3 is 15.4 Å². The van der Waals surface area contributed by atoms with Crippen molar-refractivity contribution in [2.24, 2.45) is 0 Å². The highest BCUT2D eigenvalue weighted by Crippen LogP contribution is 2.21. The first-order valence-electron chi connectivity index (χ1n) is 7.78. The lowest BCUT2D eigenvalue weighted by Gasteiger charge is -2.03. The molecule has 140 valence electrons. The summed E-state index contributed by atoms with van der Waals surface area (Å²) in [4.78, 5) is 22.5. The average Bonchev–Trinajstić information content (AvgIpc) is 3.12. The fourth-order valence-corrected chi connectivity index (χ4v) is 2.66. The van der Waals surface area contributed by atoms with Crippen LogP contribution in [0.5, 0.6) is 0 Å². The smallest absolute Gasteiger partial charge is 0.345 e. The van der Waals surface area contributed by atoms with Gasteiger partial charge in [0.05, 0.1) is 18.3 Å². The molecule has 0 aliphatic heterocycles. The number of aryl methyl sites for hydroxylation is 1. The summed E-state index contributed by atoms with van der Waals surface area (Å²) < 4.78 is 16.1. The first-order chi connectivity index (χ1) is 12.8. The zero-order valence-corrected chi connectivity index (χ0v) is 14.9. The standard InChI is InChI=1S/C16H14ClFN6O3/c1-10-6-15(24(26)27)23(20-10)9-14(25)19-16-12(17)8-22(21-16)7-11-4-2-3-5-13(11)18/h2-6,8H,7,9H2,1H3,(H,19,21,25). The molecule has 2 aromatic heterocycles. The lowest BCUT2D eigenvalue weighted by Crippen LogP contribution is -2.21. The van der Waals surface area contributed by atoms with Crippen molar-refractivity contribution in [3.8, 4) is 0 Å². The molecule has 1 amide bonds. The number of rotatable bonds is 6. The monoisotopic (exact) mass is 392 g/mol. The Balaban J connectivity index is 1.71. The minimum atomic E-state index is -0.622. The van der Waals surface area contributed by atoms with Crippen LogP contribution in [0.3, 0.4) is 0 Å². The molecule has 0 aliphatic rings. The van der Waals surface area contributed by atoms with Crippen molar-refractivity contribution in [3.05, 3.63) is 68.7 Å². The van der Waals surface area contributed by atoms with Crippen molar-refractivity contribution in [2.75, 3.05) is 5.32 Å². The highest BCUT2D eigenvalue weighted by molar-refractivity contribution is 6.33. The van der Waals surface area contributed by atoms with Crippen LogP contribution in [0, 0.1) is 22.9 Å². The largest absolute Gasteiger partial charge is 0.358 e. The van der Waals surface area contributed by atoms with E-state index in [-0.39, 0.29) is 35.6 Å². The van der Waals surface area contributed by atoms with Gasteiger partial charge >= 0.3 is 5.82 Å². The van der Waals surface area contributed by atoms with Gasteiger partial charge in [0.2, 0.25) is 0 Å². The first kappa shape index (κ1) is 18.5. The van der Waals surface area contributed by atoms with Crippen molar-refractivity contribution in [1.82, 2.24) is 19.6 Å². The minimum Gasteiger partial charge on any atom is -0.358 e. The lowest BCUT2D eigenvalue weighted by atomic mass is 10.2. The van der Waals surface area contributed by atoms with Crippen LogP contribution in [-0.2, 0) is 17.9 Å². The molecule has 1 aromatic carbocycles. The minimum absolute atomic E-state index is 0.0736. The van der Waals surface area contributed by atoms with Crippen LogP contribution < -0.4 is 5.32 Å². The van der Waals surface area contributed by atoms with Crippen LogP contribution in [-0.4, -0.2) is 30.4 Å². The molecule has 2 heterocycles. The summed E-state index contributed by atoms with van der Waals surface area (Å²) >= 11 is 6.06. The van der Waals surface area contributed by atoms with E-state index in [0.29, 0.717) is 11.3 Å². The SMILES string of the molecule is Cc1cc([N+](=O)[O-])n(CC(=O)Nc2nn(Cc3ccccc3F)cc2Cl)n1. The number of nitrogens with one attached hydrogen (secondary N) is 1. The van der Waals surface area contributed by atoms with Crippen LogP contribution in [0.2, 0.25) is 5.02 Å². The average molecular weight is 393 g/mol. The van der Waals surface area contributed by atoms with E-state index >= 15 is 0 Å². The van der Waals surface area contributed by atoms with E-state index < -0.39 is 10.8 Å². The summed E-state index contributed by atoms with van der Waals surface area (Å²) in [6.45, 7) is 1.34.